The second-order valence-corrected chi connectivity index (χ2v) is 20.2. The lowest BCUT2D eigenvalue weighted by atomic mass is 10.0. The molecule has 6 nitrogen and oxygen atoms in total. The lowest BCUT2D eigenvalue weighted by Crippen LogP contribution is -2.30. The van der Waals surface area contributed by atoms with Gasteiger partial charge in [-0.2, -0.15) is 0 Å². The quantitative estimate of drug-likeness (QED) is 0.0261. The minimum absolute atomic E-state index is 0.0903. The Hall–Kier alpha value is -3.15. The Balaban J connectivity index is 4.41. The molecule has 0 saturated carbocycles. The first kappa shape index (κ1) is 67.8. The van der Waals surface area contributed by atoms with Gasteiger partial charge in [0.05, 0.1) is 0 Å². The maximum absolute atomic E-state index is 12.9. The number of rotatable bonds is 55. The van der Waals surface area contributed by atoms with Gasteiger partial charge in [-0.1, -0.05) is 273 Å². The van der Waals surface area contributed by atoms with E-state index in [1.807, 2.05) is 0 Å². The molecule has 0 bridgehead atoms. The van der Waals surface area contributed by atoms with Gasteiger partial charge in [-0.05, 0) is 83.5 Å². The van der Waals surface area contributed by atoms with Gasteiger partial charge < -0.3 is 14.2 Å². The molecule has 1 atom stereocenters. The molecule has 6 heteroatoms. The van der Waals surface area contributed by atoms with E-state index >= 15 is 0 Å². The summed E-state index contributed by atoms with van der Waals surface area (Å²) in [5, 5.41) is 0. The predicted octanol–water partition coefficient (Wildman–Crippen LogP) is 20.5. The second-order valence-electron chi connectivity index (χ2n) is 20.2. The van der Waals surface area contributed by atoms with Crippen molar-refractivity contribution in [3.8, 4) is 0 Å². The number of carbonyl (C=O) groups is 3. The van der Waals surface area contributed by atoms with Crippen LogP contribution in [0.4, 0.5) is 0 Å². The highest BCUT2D eigenvalue weighted by Gasteiger charge is 2.19. The predicted molar refractivity (Wildman–Crippen MR) is 307 cm³/mol. The number of ether oxygens (including phenoxy) is 3. The molecular weight excluding hydrogens is 877 g/mol. The minimum atomic E-state index is -0.797. The Morgan fingerprint density at radius 3 is 0.930 bits per heavy atom. The maximum atomic E-state index is 12.9. The third-order valence-corrected chi connectivity index (χ3v) is 13.2. The average molecular weight is 992 g/mol. The van der Waals surface area contributed by atoms with Crippen molar-refractivity contribution in [1.29, 1.82) is 0 Å². The molecule has 0 spiro atoms. The topological polar surface area (TPSA) is 78.9 Å². The van der Waals surface area contributed by atoms with Crippen LogP contribution in [-0.4, -0.2) is 37.2 Å². The fraction of sp³-hybridized carbons (Fsp3) is 0.769. The van der Waals surface area contributed by atoms with Gasteiger partial charge in [-0.15, -0.1) is 0 Å². The van der Waals surface area contributed by atoms with E-state index in [4.69, 9.17) is 14.2 Å². The molecule has 0 fully saturated rings. The largest absolute Gasteiger partial charge is 0.462 e. The molecule has 0 aliphatic carbocycles. The van der Waals surface area contributed by atoms with Gasteiger partial charge >= 0.3 is 17.9 Å². The fourth-order valence-electron chi connectivity index (χ4n) is 8.65. The van der Waals surface area contributed by atoms with Gasteiger partial charge in [0, 0.05) is 19.3 Å². The van der Waals surface area contributed by atoms with Crippen LogP contribution >= 0.6 is 0 Å². The summed E-state index contributed by atoms with van der Waals surface area (Å²) in [5.41, 5.74) is 0. The minimum Gasteiger partial charge on any atom is -0.462 e. The van der Waals surface area contributed by atoms with Crippen LogP contribution in [0, 0.1) is 0 Å². The monoisotopic (exact) mass is 991 g/mol. The van der Waals surface area contributed by atoms with Crippen LogP contribution in [0.1, 0.15) is 303 Å². The summed E-state index contributed by atoms with van der Waals surface area (Å²) in [6.45, 7) is 6.51. The van der Waals surface area contributed by atoms with Gasteiger partial charge in [0.2, 0.25) is 0 Å². The summed E-state index contributed by atoms with van der Waals surface area (Å²) >= 11 is 0. The number of esters is 3. The highest BCUT2D eigenvalue weighted by molar-refractivity contribution is 5.71. The van der Waals surface area contributed by atoms with Crippen LogP contribution in [0.3, 0.4) is 0 Å². The van der Waals surface area contributed by atoms with Crippen LogP contribution in [0.25, 0.3) is 0 Å². The van der Waals surface area contributed by atoms with Crippen molar-refractivity contribution in [2.75, 3.05) is 13.2 Å². The van der Waals surface area contributed by atoms with Crippen LogP contribution in [0.2, 0.25) is 0 Å². The number of carbonyl (C=O) groups excluding carboxylic acids is 3. The van der Waals surface area contributed by atoms with Crippen molar-refractivity contribution < 1.29 is 28.6 Å². The molecule has 0 aliphatic heterocycles. The van der Waals surface area contributed by atoms with Crippen molar-refractivity contribution >= 4 is 17.9 Å². The molecule has 0 aromatic carbocycles. The van der Waals surface area contributed by atoms with E-state index in [9.17, 15) is 14.4 Å². The second kappa shape index (κ2) is 59.4. The number of hydrogen-bond donors (Lipinski definition) is 0. The van der Waals surface area contributed by atoms with Crippen LogP contribution < -0.4 is 0 Å². The molecular formula is C65H114O6. The third kappa shape index (κ3) is 57.6. The molecule has 0 radical (unpaired) electrons. The molecule has 0 aliphatic rings. The Labute approximate surface area is 440 Å². The summed E-state index contributed by atoms with van der Waals surface area (Å²) in [6.07, 6.45) is 76.2. The zero-order valence-electron chi connectivity index (χ0n) is 47.0. The lowest BCUT2D eigenvalue weighted by Gasteiger charge is -2.18. The standard InChI is InChI=1S/C65H114O6/c1-4-7-10-13-16-19-22-25-28-30-31-32-33-35-38-41-44-47-50-53-56-59-65(68)71-62(60-69-63(66)57-54-51-48-45-42-39-36-27-24-21-18-15-12-9-6-3)61-70-64(67)58-55-52-49-46-43-40-37-34-29-26-23-20-17-14-11-8-5-2/h8,11,17,20,25-26,28-29,37,40,46,49,62H,4-7,9-10,12-16,18-19,21-24,27,30-36,38-39,41-45,47-48,50-61H2,1-3H3/b11-8-,20-17-,28-25-,29-26-,40-37-,49-46-/t62-/m0/s1. The Morgan fingerprint density at radius 2 is 0.563 bits per heavy atom. The van der Waals surface area contributed by atoms with E-state index in [2.05, 4.69) is 93.7 Å². The van der Waals surface area contributed by atoms with Crippen molar-refractivity contribution in [2.24, 2.45) is 0 Å². The summed E-state index contributed by atoms with van der Waals surface area (Å²) in [6, 6.07) is 0. The van der Waals surface area contributed by atoms with E-state index in [1.54, 1.807) is 0 Å². The molecule has 0 rings (SSSR count). The van der Waals surface area contributed by atoms with Gasteiger partial charge in [0.1, 0.15) is 13.2 Å². The lowest BCUT2D eigenvalue weighted by molar-refractivity contribution is -0.167. The fourth-order valence-corrected chi connectivity index (χ4v) is 8.65. The van der Waals surface area contributed by atoms with Crippen LogP contribution in [0.15, 0.2) is 72.9 Å². The van der Waals surface area contributed by atoms with E-state index in [0.29, 0.717) is 19.3 Å². The molecule has 0 amide bonds. The van der Waals surface area contributed by atoms with E-state index in [0.717, 1.165) is 77.0 Å². The number of allylic oxidation sites excluding steroid dienone is 12. The van der Waals surface area contributed by atoms with E-state index in [1.165, 1.54) is 180 Å². The Morgan fingerprint density at radius 1 is 0.296 bits per heavy atom. The average Bonchev–Trinajstić information content (AvgIpc) is 3.37. The highest BCUT2D eigenvalue weighted by Crippen LogP contribution is 2.16. The molecule has 0 aromatic heterocycles. The summed E-state index contributed by atoms with van der Waals surface area (Å²) in [5.74, 6) is -0.939. The zero-order valence-corrected chi connectivity index (χ0v) is 47.0. The molecule has 0 heterocycles. The molecule has 0 aromatic rings. The van der Waals surface area contributed by atoms with E-state index < -0.39 is 6.10 Å². The molecule has 0 saturated heterocycles. The third-order valence-electron chi connectivity index (χ3n) is 13.2. The van der Waals surface area contributed by atoms with Gasteiger partial charge in [0.25, 0.3) is 0 Å². The summed E-state index contributed by atoms with van der Waals surface area (Å²) in [7, 11) is 0. The van der Waals surface area contributed by atoms with Crippen LogP contribution in [0.5, 0.6) is 0 Å². The smallest absolute Gasteiger partial charge is 0.306 e. The maximum Gasteiger partial charge on any atom is 0.306 e. The van der Waals surface area contributed by atoms with Gasteiger partial charge in [-0.25, -0.2) is 0 Å². The molecule has 0 N–H and O–H groups in total. The normalized spacial score (nSPS) is 12.5. The van der Waals surface area contributed by atoms with Gasteiger partial charge in [-0.3, -0.25) is 14.4 Å². The van der Waals surface area contributed by atoms with E-state index in [-0.39, 0.29) is 37.5 Å². The van der Waals surface area contributed by atoms with Crippen molar-refractivity contribution in [1.82, 2.24) is 0 Å². The van der Waals surface area contributed by atoms with Crippen molar-refractivity contribution in [3.05, 3.63) is 72.9 Å². The van der Waals surface area contributed by atoms with Crippen molar-refractivity contribution in [2.45, 2.75) is 309 Å². The van der Waals surface area contributed by atoms with Crippen molar-refractivity contribution in [3.63, 3.8) is 0 Å². The van der Waals surface area contributed by atoms with Crippen LogP contribution in [-0.2, 0) is 28.6 Å². The summed E-state index contributed by atoms with van der Waals surface area (Å²) < 4.78 is 16.9. The number of unbranched alkanes of at least 4 members (excludes halogenated alkanes) is 32. The highest BCUT2D eigenvalue weighted by atomic mass is 16.6. The molecule has 71 heavy (non-hydrogen) atoms. The Bertz CT molecular complexity index is 1320. The zero-order chi connectivity index (χ0) is 51.4. The SMILES string of the molecule is CC/C=C\C/C=C\C/C=C\C/C=C\C/C=C\CCCC(=O)OC[C@H](COC(=O)CCCCCCCCCCCCCCCCC)OC(=O)CCCCCCCCCCCCC/C=C\CCCCCCCC. The number of hydrogen-bond acceptors (Lipinski definition) is 6. The first-order chi connectivity index (χ1) is 35.0. The molecule has 0 unspecified atom stereocenters. The van der Waals surface area contributed by atoms with Gasteiger partial charge in [0.15, 0.2) is 6.10 Å². The molecule has 410 valence electrons. The first-order valence-corrected chi connectivity index (χ1v) is 30.4. The Kier molecular flexibility index (Phi) is 56.8. The summed E-state index contributed by atoms with van der Waals surface area (Å²) in [4.78, 5) is 38.2. The first-order valence-electron chi connectivity index (χ1n) is 30.4.